The normalized spacial score (nSPS) is 16.4. The summed E-state index contributed by atoms with van der Waals surface area (Å²) in [6, 6.07) is 13.3. The van der Waals surface area contributed by atoms with Gasteiger partial charge in [-0.25, -0.2) is 4.79 Å². The molecule has 1 aliphatic rings. The molecule has 0 aromatic heterocycles. The van der Waals surface area contributed by atoms with E-state index in [4.69, 9.17) is 26.6 Å². The Morgan fingerprint density at radius 2 is 2.04 bits per heavy atom. The van der Waals surface area contributed by atoms with Crippen molar-refractivity contribution in [2.75, 3.05) is 13.7 Å². The van der Waals surface area contributed by atoms with Gasteiger partial charge in [0, 0.05) is 16.6 Å². The quantitative estimate of drug-likeness (QED) is 0.676. The molecule has 0 heterocycles. The van der Waals surface area contributed by atoms with Crippen molar-refractivity contribution in [1.82, 2.24) is 5.32 Å². The molecule has 0 saturated carbocycles. The minimum atomic E-state index is -1.54. The van der Waals surface area contributed by atoms with E-state index in [0.29, 0.717) is 6.04 Å². The van der Waals surface area contributed by atoms with Crippen molar-refractivity contribution in [3.8, 4) is 5.75 Å². The second-order valence-electron chi connectivity index (χ2n) is 6.75. The average molecular weight is 406 g/mol. The number of benzene rings is 2. The number of carbonyl (C=O) groups is 1. The lowest BCUT2D eigenvalue weighted by atomic mass is 9.87. The number of nitrogens with one attached hydrogen (secondary N) is 1. The molecule has 2 aromatic rings. The number of hydrogen-bond donors (Lipinski definition) is 3. The molecule has 2 aromatic carbocycles. The van der Waals surface area contributed by atoms with Crippen LogP contribution in [0.1, 0.15) is 42.6 Å². The summed E-state index contributed by atoms with van der Waals surface area (Å²) in [5, 5.41) is 21.4. The SMILES string of the molecule is CCCN[C@H]1CCc2c(cccc2OC)C1.O=C(O)[C@H](O)c1ccccc1Cl. The van der Waals surface area contributed by atoms with Gasteiger partial charge in [-0.3, -0.25) is 0 Å². The first-order valence-corrected chi connectivity index (χ1v) is 9.89. The molecule has 1 aliphatic carbocycles. The van der Waals surface area contributed by atoms with Crippen LogP contribution in [0.2, 0.25) is 5.02 Å². The smallest absolute Gasteiger partial charge is 0.337 e. The van der Waals surface area contributed by atoms with Gasteiger partial charge in [0.15, 0.2) is 6.10 Å². The summed E-state index contributed by atoms with van der Waals surface area (Å²) in [4.78, 5) is 10.3. The topological polar surface area (TPSA) is 78.8 Å². The Kier molecular flexibility index (Phi) is 8.77. The van der Waals surface area contributed by atoms with Crippen LogP contribution >= 0.6 is 11.6 Å². The molecule has 0 radical (unpaired) electrons. The molecule has 28 heavy (non-hydrogen) atoms. The number of hydrogen-bond acceptors (Lipinski definition) is 4. The highest BCUT2D eigenvalue weighted by atomic mass is 35.5. The van der Waals surface area contributed by atoms with Gasteiger partial charge in [0.1, 0.15) is 5.75 Å². The first kappa shape index (κ1) is 22.2. The van der Waals surface area contributed by atoms with E-state index in [1.165, 1.54) is 36.1 Å². The highest BCUT2D eigenvalue weighted by molar-refractivity contribution is 6.31. The maximum absolute atomic E-state index is 10.3. The van der Waals surface area contributed by atoms with Crippen molar-refractivity contribution in [3.63, 3.8) is 0 Å². The molecule has 0 spiro atoms. The van der Waals surface area contributed by atoms with Gasteiger partial charge in [0.05, 0.1) is 7.11 Å². The van der Waals surface area contributed by atoms with Crippen LogP contribution in [0.4, 0.5) is 0 Å². The molecule has 0 fully saturated rings. The second kappa shape index (κ2) is 11.1. The number of rotatable bonds is 6. The number of aliphatic hydroxyl groups is 1. The standard InChI is InChI=1S/C14H21NO.C8H7ClO3/c1-3-9-15-12-7-8-13-11(10-12)5-4-6-14(13)16-2;9-6-4-2-1-3-5(6)7(10)8(11)12/h4-6,12,15H,3,7-10H2,1-2H3;1-4,7,10H,(H,11,12)/t12-;7-/m01/s1. The Labute approximate surface area is 171 Å². The zero-order valence-corrected chi connectivity index (χ0v) is 17.1. The van der Waals surface area contributed by atoms with E-state index >= 15 is 0 Å². The number of methoxy groups -OCH3 is 1. The fourth-order valence-corrected chi connectivity index (χ4v) is 3.56. The molecule has 0 bridgehead atoms. The van der Waals surface area contributed by atoms with Crippen LogP contribution in [0.15, 0.2) is 42.5 Å². The van der Waals surface area contributed by atoms with Crippen molar-refractivity contribution in [2.24, 2.45) is 0 Å². The lowest BCUT2D eigenvalue weighted by Gasteiger charge is -2.26. The molecule has 3 rings (SSSR count). The minimum Gasteiger partial charge on any atom is -0.496 e. The van der Waals surface area contributed by atoms with E-state index in [0.717, 1.165) is 25.1 Å². The van der Waals surface area contributed by atoms with Gasteiger partial charge >= 0.3 is 5.97 Å². The fraction of sp³-hybridized carbons (Fsp3) is 0.409. The Bertz CT molecular complexity index is 781. The van der Waals surface area contributed by atoms with E-state index in [1.54, 1.807) is 19.2 Å². The number of aliphatic carboxylic acids is 1. The van der Waals surface area contributed by atoms with Crippen LogP contribution < -0.4 is 10.1 Å². The molecular weight excluding hydrogens is 378 g/mol. The van der Waals surface area contributed by atoms with Gasteiger partial charge in [-0.2, -0.15) is 0 Å². The Morgan fingerprint density at radius 3 is 2.68 bits per heavy atom. The predicted octanol–water partition coefficient (Wildman–Crippen LogP) is 4.01. The molecule has 0 saturated heterocycles. The van der Waals surface area contributed by atoms with Gasteiger partial charge in [-0.1, -0.05) is 48.9 Å². The Morgan fingerprint density at radius 1 is 1.29 bits per heavy atom. The summed E-state index contributed by atoms with van der Waals surface area (Å²) < 4.78 is 5.41. The molecule has 0 amide bonds. The minimum absolute atomic E-state index is 0.215. The Balaban J connectivity index is 0.000000209. The molecule has 0 unspecified atom stereocenters. The zero-order valence-electron chi connectivity index (χ0n) is 16.3. The number of aliphatic hydroxyl groups excluding tert-OH is 1. The zero-order chi connectivity index (χ0) is 20.5. The number of carboxylic acid groups (broad SMARTS) is 1. The van der Waals surface area contributed by atoms with Crippen LogP contribution in [0, 0.1) is 0 Å². The summed E-state index contributed by atoms with van der Waals surface area (Å²) in [5.41, 5.74) is 3.09. The van der Waals surface area contributed by atoms with Gasteiger partial charge in [-0.15, -0.1) is 0 Å². The van der Waals surface area contributed by atoms with Gasteiger partial charge < -0.3 is 20.3 Å². The predicted molar refractivity (Wildman–Crippen MR) is 111 cm³/mol. The van der Waals surface area contributed by atoms with E-state index in [1.807, 2.05) is 0 Å². The van der Waals surface area contributed by atoms with Crippen LogP contribution in [-0.4, -0.2) is 35.9 Å². The lowest BCUT2D eigenvalue weighted by molar-refractivity contribution is -0.146. The van der Waals surface area contributed by atoms with Gasteiger partial charge in [-0.05, 0) is 55.5 Å². The highest BCUT2D eigenvalue weighted by Gasteiger charge is 2.20. The maximum Gasteiger partial charge on any atom is 0.337 e. The van der Waals surface area contributed by atoms with E-state index in [-0.39, 0.29) is 10.6 Å². The van der Waals surface area contributed by atoms with E-state index in [9.17, 15) is 4.79 Å². The van der Waals surface area contributed by atoms with Crippen LogP contribution in [0.5, 0.6) is 5.75 Å². The number of halogens is 1. The number of fused-ring (bicyclic) bond motifs is 1. The fourth-order valence-electron chi connectivity index (χ4n) is 3.32. The van der Waals surface area contributed by atoms with Crippen LogP contribution in [-0.2, 0) is 17.6 Å². The number of carboxylic acids is 1. The molecule has 5 nitrogen and oxygen atoms in total. The third-order valence-electron chi connectivity index (χ3n) is 4.78. The third kappa shape index (κ3) is 5.96. The molecule has 2 atom stereocenters. The Hall–Kier alpha value is -2.08. The first-order valence-electron chi connectivity index (χ1n) is 9.51. The van der Waals surface area contributed by atoms with Gasteiger partial charge in [0.25, 0.3) is 0 Å². The van der Waals surface area contributed by atoms with Crippen molar-refractivity contribution in [1.29, 1.82) is 0 Å². The van der Waals surface area contributed by atoms with Gasteiger partial charge in [0.2, 0.25) is 0 Å². The van der Waals surface area contributed by atoms with Crippen molar-refractivity contribution < 1.29 is 19.7 Å². The molecule has 6 heteroatoms. The lowest BCUT2D eigenvalue weighted by Crippen LogP contribution is -2.35. The molecule has 0 aliphatic heterocycles. The van der Waals surface area contributed by atoms with E-state index < -0.39 is 12.1 Å². The second-order valence-corrected chi connectivity index (χ2v) is 7.16. The number of ether oxygens (including phenoxy) is 1. The van der Waals surface area contributed by atoms with Crippen molar-refractivity contribution in [2.45, 2.75) is 44.8 Å². The summed E-state index contributed by atoms with van der Waals surface area (Å²) in [5.74, 6) is -0.241. The average Bonchev–Trinajstić information content (AvgIpc) is 2.71. The van der Waals surface area contributed by atoms with Crippen molar-refractivity contribution in [3.05, 3.63) is 64.2 Å². The largest absolute Gasteiger partial charge is 0.496 e. The summed E-state index contributed by atoms with van der Waals surface area (Å²) in [6.07, 6.45) is 3.18. The summed E-state index contributed by atoms with van der Waals surface area (Å²) >= 11 is 5.64. The monoisotopic (exact) mass is 405 g/mol. The highest BCUT2D eigenvalue weighted by Crippen LogP contribution is 2.29. The molecule has 3 N–H and O–H groups in total. The first-order chi connectivity index (χ1) is 13.5. The third-order valence-corrected chi connectivity index (χ3v) is 5.12. The molecule has 152 valence electrons. The maximum atomic E-state index is 10.3. The van der Waals surface area contributed by atoms with E-state index in [2.05, 4.69) is 30.4 Å². The van der Waals surface area contributed by atoms with Crippen LogP contribution in [0.3, 0.4) is 0 Å². The van der Waals surface area contributed by atoms with Crippen LogP contribution in [0.25, 0.3) is 0 Å². The summed E-state index contributed by atoms with van der Waals surface area (Å²) in [6.45, 7) is 3.34. The molecular formula is C22H28ClNO4. The van der Waals surface area contributed by atoms with Crippen molar-refractivity contribution >= 4 is 17.6 Å². The summed E-state index contributed by atoms with van der Waals surface area (Å²) in [7, 11) is 1.76.